The molecule has 0 heterocycles. The molecule has 0 radical (unpaired) electrons. The monoisotopic (exact) mass is 260 g/mol. The largest absolute Gasteiger partial charge is 0.496 e. The van der Waals surface area contributed by atoms with Crippen LogP contribution in [-0.4, -0.2) is 26.8 Å². The van der Waals surface area contributed by atoms with Crippen molar-refractivity contribution in [2.45, 2.75) is 19.5 Å². The lowest BCUT2D eigenvalue weighted by Crippen LogP contribution is -2.04. The molecule has 6 heteroatoms. The van der Waals surface area contributed by atoms with Gasteiger partial charge in [-0.25, -0.2) is 0 Å². The molecule has 0 aliphatic heterocycles. The maximum atomic E-state index is 12.0. The lowest BCUT2D eigenvalue weighted by Gasteiger charge is -2.11. The Morgan fingerprint density at radius 2 is 2.06 bits per heavy atom. The zero-order valence-corrected chi connectivity index (χ0v) is 10.1. The van der Waals surface area contributed by atoms with E-state index in [1.807, 2.05) is 0 Å². The number of benzene rings is 1. The van der Waals surface area contributed by atoms with E-state index >= 15 is 0 Å². The van der Waals surface area contributed by atoms with Crippen LogP contribution in [0.4, 0.5) is 8.78 Å². The van der Waals surface area contributed by atoms with Crippen molar-refractivity contribution in [2.24, 2.45) is 0 Å². The summed E-state index contributed by atoms with van der Waals surface area (Å²) in [5, 5.41) is 0. The Morgan fingerprint density at radius 1 is 1.33 bits per heavy atom. The molecule has 0 atom stereocenters. The molecule has 4 nitrogen and oxygen atoms in total. The molecule has 0 aliphatic carbocycles. The van der Waals surface area contributed by atoms with Gasteiger partial charge in [-0.3, -0.25) is 4.79 Å². The zero-order valence-electron chi connectivity index (χ0n) is 10.1. The number of methoxy groups -OCH3 is 2. The molecule has 100 valence electrons. The van der Waals surface area contributed by atoms with Crippen molar-refractivity contribution in [1.29, 1.82) is 0 Å². The van der Waals surface area contributed by atoms with E-state index in [0.29, 0.717) is 12.2 Å². The molecule has 0 unspecified atom stereocenters. The van der Waals surface area contributed by atoms with Gasteiger partial charge in [0.05, 0.1) is 14.2 Å². The molecule has 0 aromatic heterocycles. The number of rotatable bonds is 6. The van der Waals surface area contributed by atoms with Crippen LogP contribution in [0.5, 0.6) is 11.5 Å². The van der Waals surface area contributed by atoms with Crippen LogP contribution in [-0.2, 0) is 16.0 Å². The molecule has 0 saturated carbocycles. The van der Waals surface area contributed by atoms with Crippen molar-refractivity contribution in [2.75, 3.05) is 14.2 Å². The Balaban J connectivity index is 2.76. The molecule has 0 amide bonds. The Bertz CT molecular complexity index is 407. The fourth-order valence-electron chi connectivity index (χ4n) is 1.45. The van der Waals surface area contributed by atoms with Crippen LogP contribution in [0, 0.1) is 0 Å². The first-order valence-corrected chi connectivity index (χ1v) is 5.25. The molecular formula is C12H14F2O4. The normalized spacial score (nSPS) is 10.3. The highest BCUT2D eigenvalue weighted by atomic mass is 19.3. The lowest BCUT2D eigenvalue weighted by atomic mass is 10.1. The third-order valence-electron chi connectivity index (χ3n) is 2.31. The van der Waals surface area contributed by atoms with Gasteiger partial charge in [0.1, 0.15) is 11.5 Å². The van der Waals surface area contributed by atoms with Gasteiger partial charge in [0.2, 0.25) is 0 Å². The summed E-state index contributed by atoms with van der Waals surface area (Å²) in [6, 6.07) is 4.35. The van der Waals surface area contributed by atoms with Crippen LogP contribution in [0.15, 0.2) is 18.2 Å². The number of alkyl halides is 2. The molecule has 1 aromatic rings. The van der Waals surface area contributed by atoms with E-state index < -0.39 is 6.61 Å². The number of carbonyl (C=O) groups is 1. The van der Waals surface area contributed by atoms with Crippen LogP contribution in [0.1, 0.15) is 12.0 Å². The second-order valence-electron chi connectivity index (χ2n) is 3.43. The van der Waals surface area contributed by atoms with Crippen LogP contribution >= 0.6 is 0 Å². The fourth-order valence-corrected chi connectivity index (χ4v) is 1.45. The maximum absolute atomic E-state index is 12.0. The Kier molecular flexibility index (Phi) is 5.35. The van der Waals surface area contributed by atoms with E-state index in [4.69, 9.17) is 4.74 Å². The Labute approximate surface area is 103 Å². The third kappa shape index (κ3) is 4.20. The van der Waals surface area contributed by atoms with E-state index in [9.17, 15) is 13.6 Å². The van der Waals surface area contributed by atoms with Crippen molar-refractivity contribution in [1.82, 2.24) is 0 Å². The van der Waals surface area contributed by atoms with Crippen molar-refractivity contribution in [3.8, 4) is 11.5 Å². The summed E-state index contributed by atoms with van der Waals surface area (Å²) in [5.74, 6) is 0.0747. The molecule has 0 fully saturated rings. The summed E-state index contributed by atoms with van der Waals surface area (Å²) in [5.41, 5.74) is 0.726. The highest BCUT2D eigenvalue weighted by Crippen LogP contribution is 2.26. The molecule has 1 rings (SSSR count). The van der Waals surface area contributed by atoms with E-state index in [2.05, 4.69) is 9.47 Å². The van der Waals surface area contributed by atoms with Gasteiger partial charge in [-0.2, -0.15) is 8.78 Å². The van der Waals surface area contributed by atoms with Gasteiger partial charge < -0.3 is 14.2 Å². The summed E-state index contributed by atoms with van der Waals surface area (Å²) in [7, 11) is 2.72. The van der Waals surface area contributed by atoms with Gasteiger partial charge >= 0.3 is 12.6 Å². The number of esters is 1. The van der Waals surface area contributed by atoms with Crippen LogP contribution in [0.3, 0.4) is 0 Å². The molecular weight excluding hydrogens is 246 g/mol. The minimum absolute atomic E-state index is 0.0173. The van der Waals surface area contributed by atoms with Crippen molar-refractivity contribution >= 4 is 5.97 Å². The van der Waals surface area contributed by atoms with Crippen molar-refractivity contribution in [3.05, 3.63) is 23.8 Å². The number of hydrogen-bond acceptors (Lipinski definition) is 4. The predicted octanol–water partition coefficient (Wildman–Crippen LogP) is 2.40. The Morgan fingerprint density at radius 3 is 2.61 bits per heavy atom. The van der Waals surface area contributed by atoms with Crippen molar-refractivity contribution in [3.63, 3.8) is 0 Å². The smallest absolute Gasteiger partial charge is 0.387 e. The van der Waals surface area contributed by atoms with E-state index in [1.54, 1.807) is 6.07 Å². The number of halogens is 2. The average Bonchev–Trinajstić information content (AvgIpc) is 2.35. The fraction of sp³-hybridized carbons (Fsp3) is 0.417. The minimum Gasteiger partial charge on any atom is -0.496 e. The second-order valence-corrected chi connectivity index (χ2v) is 3.43. The van der Waals surface area contributed by atoms with Gasteiger partial charge in [-0.05, 0) is 18.1 Å². The van der Waals surface area contributed by atoms with Crippen LogP contribution in [0.2, 0.25) is 0 Å². The quantitative estimate of drug-likeness (QED) is 0.737. The maximum Gasteiger partial charge on any atom is 0.387 e. The van der Waals surface area contributed by atoms with Gasteiger partial charge in [0.25, 0.3) is 0 Å². The summed E-state index contributed by atoms with van der Waals surface area (Å²) in [6.07, 6.45) is 0.604. The predicted molar refractivity (Wildman–Crippen MR) is 60.0 cm³/mol. The SMILES string of the molecule is COC(=O)CCc1ccc(OC(F)F)cc1OC. The summed E-state index contributed by atoms with van der Waals surface area (Å²) in [6.45, 7) is -2.88. The molecule has 0 N–H and O–H groups in total. The first-order chi connectivity index (χ1) is 8.56. The molecule has 0 saturated heterocycles. The highest BCUT2D eigenvalue weighted by Gasteiger charge is 2.10. The first kappa shape index (κ1) is 14.2. The first-order valence-electron chi connectivity index (χ1n) is 5.25. The second kappa shape index (κ2) is 6.78. The van der Waals surface area contributed by atoms with Gasteiger partial charge in [-0.15, -0.1) is 0 Å². The van der Waals surface area contributed by atoms with Crippen LogP contribution < -0.4 is 9.47 Å². The summed E-state index contributed by atoms with van der Waals surface area (Å²) < 4.78 is 37.9. The third-order valence-corrected chi connectivity index (χ3v) is 2.31. The molecule has 0 spiro atoms. The summed E-state index contributed by atoms with van der Waals surface area (Å²) >= 11 is 0. The van der Waals surface area contributed by atoms with E-state index in [0.717, 1.165) is 5.56 Å². The molecule has 0 bridgehead atoms. The minimum atomic E-state index is -2.88. The number of hydrogen-bond donors (Lipinski definition) is 0. The van der Waals surface area contributed by atoms with E-state index in [1.165, 1.54) is 26.4 Å². The lowest BCUT2D eigenvalue weighted by molar-refractivity contribution is -0.140. The summed E-state index contributed by atoms with van der Waals surface area (Å²) in [4.78, 5) is 11.0. The molecule has 18 heavy (non-hydrogen) atoms. The highest BCUT2D eigenvalue weighted by molar-refractivity contribution is 5.69. The van der Waals surface area contributed by atoms with Gasteiger partial charge in [0.15, 0.2) is 0 Å². The average molecular weight is 260 g/mol. The standard InChI is InChI=1S/C12H14F2O4/c1-16-10-7-9(18-12(13)14)5-3-8(10)4-6-11(15)17-2/h3,5,7,12H,4,6H2,1-2H3. The molecule has 1 aromatic carbocycles. The molecule has 0 aliphatic rings. The zero-order chi connectivity index (χ0) is 13.5. The Hall–Kier alpha value is -1.85. The van der Waals surface area contributed by atoms with Crippen molar-refractivity contribution < 1.29 is 27.8 Å². The van der Waals surface area contributed by atoms with Gasteiger partial charge in [0, 0.05) is 12.5 Å². The van der Waals surface area contributed by atoms with E-state index in [-0.39, 0.29) is 18.1 Å². The number of ether oxygens (including phenoxy) is 3. The van der Waals surface area contributed by atoms with Gasteiger partial charge in [-0.1, -0.05) is 6.07 Å². The number of aryl methyl sites for hydroxylation is 1. The van der Waals surface area contributed by atoms with Crippen LogP contribution in [0.25, 0.3) is 0 Å². The number of carbonyl (C=O) groups excluding carboxylic acids is 1. The topological polar surface area (TPSA) is 44.8 Å².